The zero-order chi connectivity index (χ0) is 20.8. The lowest BCUT2D eigenvalue weighted by atomic mass is 10.2. The predicted octanol–water partition coefficient (Wildman–Crippen LogP) is 1.57. The predicted molar refractivity (Wildman–Crippen MR) is 133 cm³/mol. The van der Waals surface area contributed by atoms with E-state index in [1.165, 1.54) is 0 Å². The van der Waals surface area contributed by atoms with Crippen LogP contribution in [0.1, 0.15) is 32.0 Å². The first-order chi connectivity index (χ1) is 14.8. The summed E-state index contributed by atoms with van der Waals surface area (Å²) in [6, 6.07) is 6.04. The summed E-state index contributed by atoms with van der Waals surface area (Å²) in [6.07, 6.45) is 5.76. The molecule has 4 heterocycles. The molecule has 170 valence electrons. The van der Waals surface area contributed by atoms with Gasteiger partial charge >= 0.3 is 5.69 Å². The number of rotatable bonds is 6. The standard InChI is InChI=1S/C21H32N8O.HI/c1-2-22-20(27-16-14-26(15-17-27)18-8-3-5-10-23-18)24-11-7-13-29-21(30)28-12-6-4-9-19(28)25-29;/h3,5,8,10H,2,4,6-7,9,11-17H2,1H3,(H,22,24);1H. The summed E-state index contributed by atoms with van der Waals surface area (Å²) in [6.45, 7) is 8.72. The van der Waals surface area contributed by atoms with Crippen molar-refractivity contribution in [1.82, 2.24) is 29.5 Å². The van der Waals surface area contributed by atoms with Gasteiger partial charge in [-0.3, -0.25) is 9.56 Å². The van der Waals surface area contributed by atoms with Crippen molar-refractivity contribution in [3.8, 4) is 0 Å². The Morgan fingerprint density at radius 2 is 2.00 bits per heavy atom. The molecule has 0 aromatic carbocycles. The monoisotopic (exact) mass is 540 g/mol. The highest BCUT2D eigenvalue weighted by atomic mass is 127. The molecule has 4 rings (SSSR count). The molecule has 0 amide bonds. The highest BCUT2D eigenvalue weighted by Gasteiger charge is 2.20. The normalized spacial score (nSPS) is 16.6. The minimum atomic E-state index is 0. The van der Waals surface area contributed by atoms with Gasteiger partial charge in [-0.1, -0.05) is 6.07 Å². The van der Waals surface area contributed by atoms with Gasteiger partial charge in [0.15, 0.2) is 5.96 Å². The van der Waals surface area contributed by atoms with Crippen molar-refractivity contribution in [2.45, 2.75) is 45.7 Å². The molecule has 0 unspecified atom stereocenters. The van der Waals surface area contributed by atoms with Gasteiger partial charge in [0.2, 0.25) is 0 Å². The van der Waals surface area contributed by atoms with Crippen LogP contribution in [0.2, 0.25) is 0 Å². The molecule has 1 N–H and O–H groups in total. The van der Waals surface area contributed by atoms with Crippen LogP contribution in [0.3, 0.4) is 0 Å². The third-order valence-electron chi connectivity index (χ3n) is 5.71. The minimum absolute atomic E-state index is 0. The van der Waals surface area contributed by atoms with Crippen molar-refractivity contribution in [2.75, 3.05) is 44.2 Å². The minimum Gasteiger partial charge on any atom is -0.357 e. The van der Waals surface area contributed by atoms with Crippen LogP contribution < -0.4 is 15.9 Å². The van der Waals surface area contributed by atoms with E-state index in [4.69, 9.17) is 4.99 Å². The average molecular weight is 540 g/mol. The van der Waals surface area contributed by atoms with Gasteiger partial charge < -0.3 is 15.1 Å². The number of hydrogen-bond acceptors (Lipinski definition) is 5. The Bertz CT molecular complexity index is 902. The second-order valence-corrected chi connectivity index (χ2v) is 7.78. The molecule has 2 aliphatic heterocycles. The van der Waals surface area contributed by atoms with Gasteiger partial charge in [0.1, 0.15) is 11.6 Å². The summed E-state index contributed by atoms with van der Waals surface area (Å²) in [4.78, 5) is 26.3. The zero-order valence-electron chi connectivity index (χ0n) is 18.2. The molecule has 2 aliphatic rings. The highest BCUT2D eigenvalue weighted by molar-refractivity contribution is 14.0. The summed E-state index contributed by atoms with van der Waals surface area (Å²) < 4.78 is 3.45. The third-order valence-corrected chi connectivity index (χ3v) is 5.71. The van der Waals surface area contributed by atoms with Crippen LogP contribution in [0.25, 0.3) is 0 Å². The number of pyridine rings is 1. The molecular weight excluding hydrogens is 507 g/mol. The van der Waals surface area contributed by atoms with E-state index in [1.54, 1.807) is 4.68 Å². The summed E-state index contributed by atoms with van der Waals surface area (Å²) in [5.41, 5.74) is 0.0335. The molecule has 0 aliphatic carbocycles. The van der Waals surface area contributed by atoms with Crippen LogP contribution in [0.15, 0.2) is 34.2 Å². The largest absolute Gasteiger partial charge is 0.357 e. The zero-order valence-corrected chi connectivity index (χ0v) is 20.6. The lowest BCUT2D eigenvalue weighted by molar-refractivity contribution is 0.371. The van der Waals surface area contributed by atoms with E-state index in [0.29, 0.717) is 13.1 Å². The van der Waals surface area contributed by atoms with Crippen LogP contribution in [0.5, 0.6) is 0 Å². The second-order valence-electron chi connectivity index (χ2n) is 7.78. The fourth-order valence-corrected chi connectivity index (χ4v) is 4.11. The highest BCUT2D eigenvalue weighted by Crippen LogP contribution is 2.13. The van der Waals surface area contributed by atoms with Crippen LogP contribution in [0.4, 0.5) is 5.82 Å². The van der Waals surface area contributed by atoms with Gasteiger partial charge in [0.05, 0.1) is 0 Å². The van der Waals surface area contributed by atoms with Gasteiger partial charge in [0, 0.05) is 65.0 Å². The Labute approximate surface area is 200 Å². The number of hydrogen-bond donors (Lipinski definition) is 1. The molecular formula is C21H33IN8O. The molecule has 0 bridgehead atoms. The van der Waals surface area contributed by atoms with Gasteiger partial charge in [0.25, 0.3) is 0 Å². The summed E-state index contributed by atoms with van der Waals surface area (Å²) >= 11 is 0. The summed E-state index contributed by atoms with van der Waals surface area (Å²) in [5, 5.41) is 7.92. The van der Waals surface area contributed by atoms with Gasteiger partial charge in [-0.05, 0) is 38.3 Å². The van der Waals surface area contributed by atoms with Crippen molar-refractivity contribution < 1.29 is 0 Å². The van der Waals surface area contributed by atoms with Crippen LogP contribution in [-0.2, 0) is 19.5 Å². The van der Waals surface area contributed by atoms with Gasteiger partial charge in [-0.15, -0.1) is 24.0 Å². The maximum Gasteiger partial charge on any atom is 0.345 e. The van der Waals surface area contributed by atoms with E-state index in [0.717, 1.165) is 82.6 Å². The topological polar surface area (TPSA) is 83.6 Å². The van der Waals surface area contributed by atoms with Crippen molar-refractivity contribution in [2.24, 2.45) is 4.99 Å². The third kappa shape index (κ3) is 5.78. The first-order valence-electron chi connectivity index (χ1n) is 11.1. The molecule has 1 saturated heterocycles. The molecule has 1 fully saturated rings. The van der Waals surface area contributed by atoms with Crippen LogP contribution >= 0.6 is 24.0 Å². The first kappa shape index (κ1) is 23.6. The number of fused-ring (bicyclic) bond motifs is 1. The number of aliphatic imine (C=N–C) groups is 1. The molecule has 2 aromatic rings. The lowest BCUT2D eigenvalue weighted by Gasteiger charge is -2.37. The van der Waals surface area contributed by atoms with Crippen molar-refractivity contribution in [3.05, 3.63) is 40.7 Å². The van der Waals surface area contributed by atoms with Crippen molar-refractivity contribution >= 4 is 35.8 Å². The molecule has 2 aromatic heterocycles. The lowest BCUT2D eigenvalue weighted by Crippen LogP contribution is -2.52. The van der Waals surface area contributed by atoms with E-state index in [2.05, 4.69) is 38.2 Å². The molecule has 0 saturated carbocycles. The first-order valence-corrected chi connectivity index (χ1v) is 11.1. The molecule has 0 radical (unpaired) electrons. The average Bonchev–Trinajstić information content (AvgIpc) is 3.12. The molecule has 31 heavy (non-hydrogen) atoms. The molecule has 10 heteroatoms. The number of nitrogens with one attached hydrogen (secondary N) is 1. The Morgan fingerprint density at radius 1 is 1.16 bits per heavy atom. The van der Waals surface area contributed by atoms with E-state index in [1.807, 2.05) is 22.9 Å². The van der Waals surface area contributed by atoms with Gasteiger partial charge in [-0.25, -0.2) is 14.5 Å². The fraction of sp³-hybridized carbons (Fsp3) is 0.619. The second kappa shape index (κ2) is 11.5. The number of anilines is 1. The number of guanidine groups is 1. The Balaban J connectivity index is 0.00000272. The van der Waals surface area contributed by atoms with Crippen LogP contribution in [-0.4, -0.2) is 69.5 Å². The van der Waals surface area contributed by atoms with Crippen molar-refractivity contribution in [3.63, 3.8) is 0 Å². The Kier molecular flexibility index (Phi) is 8.73. The number of nitrogens with zero attached hydrogens (tertiary/aromatic N) is 7. The van der Waals surface area contributed by atoms with E-state index in [-0.39, 0.29) is 29.7 Å². The number of piperazine rings is 1. The van der Waals surface area contributed by atoms with E-state index in [9.17, 15) is 4.79 Å². The number of aromatic nitrogens is 4. The Hall–Kier alpha value is -2.11. The fourth-order valence-electron chi connectivity index (χ4n) is 4.11. The summed E-state index contributed by atoms with van der Waals surface area (Å²) in [7, 11) is 0. The maximum atomic E-state index is 12.4. The van der Waals surface area contributed by atoms with E-state index < -0.39 is 0 Å². The molecule has 9 nitrogen and oxygen atoms in total. The molecule has 0 atom stereocenters. The Morgan fingerprint density at radius 3 is 2.71 bits per heavy atom. The number of aryl methyl sites for hydroxylation is 2. The number of halogens is 1. The summed E-state index contributed by atoms with van der Waals surface area (Å²) in [5.74, 6) is 2.93. The smallest absolute Gasteiger partial charge is 0.345 e. The van der Waals surface area contributed by atoms with Crippen LogP contribution in [0, 0.1) is 0 Å². The maximum absolute atomic E-state index is 12.4. The molecule has 0 spiro atoms. The quantitative estimate of drug-likeness (QED) is 0.259. The van der Waals surface area contributed by atoms with Crippen molar-refractivity contribution in [1.29, 1.82) is 0 Å². The SMILES string of the molecule is CCNC(=NCCCn1nc2n(c1=O)CCCC2)N1CCN(c2ccccn2)CC1.I. The van der Waals surface area contributed by atoms with Gasteiger partial charge in [-0.2, -0.15) is 5.10 Å². The van der Waals surface area contributed by atoms with E-state index >= 15 is 0 Å².